The average Bonchev–Trinajstić information content (AvgIpc) is 3.11. The first kappa shape index (κ1) is 13.9. The molecule has 0 spiro atoms. The third-order valence-corrected chi connectivity index (χ3v) is 4.74. The molecule has 102 valence electrons. The lowest BCUT2D eigenvalue weighted by atomic mass is 9.66. The zero-order chi connectivity index (χ0) is 13.0. The van der Waals surface area contributed by atoms with Gasteiger partial charge in [-0.25, -0.2) is 0 Å². The molecule has 2 unspecified atom stereocenters. The third kappa shape index (κ3) is 4.32. The molecule has 0 aliphatic heterocycles. The van der Waals surface area contributed by atoms with Crippen LogP contribution in [0.4, 0.5) is 0 Å². The van der Waals surface area contributed by atoms with Crippen LogP contribution in [0.25, 0.3) is 0 Å². The van der Waals surface area contributed by atoms with Crippen LogP contribution in [0.2, 0.25) is 0 Å². The van der Waals surface area contributed by atoms with E-state index in [4.69, 9.17) is 0 Å². The molecule has 2 atom stereocenters. The smallest absolute Gasteiger partial charge is 0.00913 e. The van der Waals surface area contributed by atoms with Crippen molar-refractivity contribution < 1.29 is 0 Å². The van der Waals surface area contributed by atoms with Crippen molar-refractivity contribution in [1.29, 1.82) is 0 Å². The highest BCUT2D eigenvalue weighted by molar-refractivity contribution is 4.96. The van der Waals surface area contributed by atoms with Gasteiger partial charge in [-0.1, -0.05) is 13.8 Å². The van der Waals surface area contributed by atoms with Gasteiger partial charge in [0.25, 0.3) is 0 Å². The standard InChI is InChI=1S/C17H29N/c1-4-5-6-7-14-12-17(2,3)11-10-15(14)13-18-16-8-9-16/h14-16,18H,6-13H2,1-3H3. The van der Waals surface area contributed by atoms with Crippen LogP contribution in [0.15, 0.2) is 0 Å². The van der Waals surface area contributed by atoms with E-state index in [1.165, 1.54) is 45.1 Å². The minimum atomic E-state index is 0.556. The van der Waals surface area contributed by atoms with Crippen molar-refractivity contribution in [3.8, 4) is 11.8 Å². The molecule has 0 saturated heterocycles. The van der Waals surface area contributed by atoms with E-state index >= 15 is 0 Å². The predicted octanol–water partition coefficient (Wildman–Crippen LogP) is 3.98. The molecule has 1 nitrogen and oxygen atoms in total. The van der Waals surface area contributed by atoms with Gasteiger partial charge in [-0.3, -0.25) is 0 Å². The molecule has 0 aromatic heterocycles. The molecule has 0 aromatic rings. The van der Waals surface area contributed by atoms with Crippen LogP contribution >= 0.6 is 0 Å². The van der Waals surface area contributed by atoms with Crippen molar-refractivity contribution >= 4 is 0 Å². The van der Waals surface area contributed by atoms with Gasteiger partial charge in [-0.15, -0.1) is 11.8 Å². The Morgan fingerprint density at radius 2 is 1.94 bits per heavy atom. The lowest BCUT2D eigenvalue weighted by Crippen LogP contribution is -2.36. The summed E-state index contributed by atoms with van der Waals surface area (Å²) in [5, 5.41) is 3.74. The number of rotatable bonds is 5. The Morgan fingerprint density at radius 3 is 2.61 bits per heavy atom. The molecule has 1 N–H and O–H groups in total. The Morgan fingerprint density at radius 1 is 1.17 bits per heavy atom. The van der Waals surface area contributed by atoms with Crippen LogP contribution in [0, 0.1) is 29.1 Å². The summed E-state index contributed by atoms with van der Waals surface area (Å²) < 4.78 is 0. The summed E-state index contributed by atoms with van der Waals surface area (Å²) in [5.41, 5.74) is 0.556. The topological polar surface area (TPSA) is 12.0 Å². The normalized spacial score (nSPS) is 30.6. The summed E-state index contributed by atoms with van der Waals surface area (Å²) in [6.45, 7) is 8.09. The molecular formula is C17H29N. The maximum absolute atomic E-state index is 3.74. The van der Waals surface area contributed by atoms with Crippen LogP contribution in [0.5, 0.6) is 0 Å². The fraction of sp³-hybridized carbons (Fsp3) is 0.882. The van der Waals surface area contributed by atoms with Gasteiger partial charge in [0.15, 0.2) is 0 Å². The second kappa shape index (κ2) is 6.11. The summed E-state index contributed by atoms with van der Waals surface area (Å²) in [4.78, 5) is 0. The highest BCUT2D eigenvalue weighted by atomic mass is 14.9. The van der Waals surface area contributed by atoms with E-state index in [1.54, 1.807) is 0 Å². The second-order valence-corrected chi connectivity index (χ2v) is 7.08. The summed E-state index contributed by atoms with van der Waals surface area (Å²) in [6, 6.07) is 0.857. The average molecular weight is 247 g/mol. The van der Waals surface area contributed by atoms with Gasteiger partial charge in [-0.05, 0) is 69.2 Å². The van der Waals surface area contributed by atoms with E-state index < -0.39 is 0 Å². The molecule has 2 rings (SSSR count). The van der Waals surface area contributed by atoms with Gasteiger partial charge >= 0.3 is 0 Å². The first-order chi connectivity index (χ1) is 8.61. The minimum Gasteiger partial charge on any atom is -0.314 e. The fourth-order valence-corrected chi connectivity index (χ4v) is 3.38. The molecule has 2 aliphatic rings. The Kier molecular flexibility index (Phi) is 4.73. The van der Waals surface area contributed by atoms with Crippen molar-refractivity contribution in [3.05, 3.63) is 0 Å². The van der Waals surface area contributed by atoms with Crippen molar-refractivity contribution in [2.75, 3.05) is 6.54 Å². The van der Waals surface area contributed by atoms with Gasteiger partial charge in [0.1, 0.15) is 0 Å². The fourth-order valence-electron chi connectivity index (χ4n) is 3.38. The Balaban J connectivity index is 1.84. The van der Waals surface area contributed by atoms with E-state index in [9.17, 15) is 0 Å². The highest BCUT2D eigenvalue weighted by Crippen LogP contribution is 2.43. The molecule has 2 fully saturated rings. The first-order valence-electron chi connectivity index (χ1n) is 7.74. The molecule has 0 amide bonds. The number of hydrogen-bond donors (Lipinski definition) is 1. The van der Waals surface area contributed by atoms with E-state index in [0.29, 0.717) is 5.41 Å². The van der Waals surface area contributed by atoms with E-state index in [0.717, 1.165) is 24.3 Å². The van der Waals surface area contributed by atoms with Gasteiger partial charge in [0, 0.05) is 12.5 Å². The first-order valence-corrected chi connectivity index (χ1v) is 7.74. The van der Waals surface area contributed by atoms with Crippen LogP contribution in [0.1, 0.15) is 65.7 Å². The second-order valence-electron chi connectivity index (χ2n) is 7.08. The molecular weight excluding hydrogens is 218 g/mol. The molecule has 0 aromatic carbocycles. The summed E-state index contributed by atoms with van der Waals surface area (Å²) in [6.07, 6.45) is 9.43. The lowest BCUT2D eigenvalue weighted by Gasteiger charge is -2.41. The van der Waals surface area contributed by atoms with E-state index in [2.05, 4.69) is 31.0 Å². The SMILES string of the molecule is CC#CCCC1CC(C)(C)CCC1CNC1CC1. The van der Waals surface area contributed by atoms with Crippen molar-refractivity contribution in [1.82, 2.24) is 5.32 Å². The van der Waals surface area contributed by atoms with Crippen LogP contribution in [-0.4, -0.2) is 12.6 Å². The number of nitrogens with one attached hydrogen (secondary N) is 1. The lowest BCUT2D eigenvalue weighted by molar-refractivity contribution is 0.110. The molecule has 0 bridgehead atoms. The molecule has 0 radical (unpaired) electrons. The Bertz CT molecular complexity index is 314. The van der Waals surface area contributed by atoms with Crippen molar-refractivity contribution in [3.63, 3.8) is 0 Å². The van der Waals surface area contributed by atoms with Crippen LogP contribution in [-0.2, 0) is 0 Å². The number of hydrogen-bond acceptors (Lipinski definition) is 1. The van der Waals surface area contributed by atoms with Gasteiger partial charge < -0.3 is 5.32 Å². The summed E-state index contributed by atoms with van der Waals surface area (Å²) in [5.74, 6) is 8.08. The molecule has 1 heteroatoms. The van der Waals surface area contributed by atoms with E-state index in [-0.39, 0.29) is 0 Å². The Hall–Kier alpha value is -0.480. The zero-order valence-electron chi connectivity index (χ0n) is 12.4. The molecule has 18 heavy (non-hydrogen) atoms. The largest absolute Gasteiger partial charge is 0.314 e. The summed E-state index contributed by atoms with van der Waals surface area (Å²) >= 11 is 0. The van der Waals surface area contributed by atoms with Gasteiger partial charge in [0.2, 0.25) is 0 Å². The van der Waals surface area contributed by atoms with Crippen molar-refractivity contribution in [2.24, 2.45) is 17.3 Å². The zero-order valence-corrected chi connectivity index (χ0v) is 12.4. The minimum absolute atomic E-state index is 0.556. The summed E-state index contributed by atoms with van der Waals surface area (Å²) in [7, 11) is 0. The molecule has 2 aliphatic carbocycles. The maximum Gasteiger partial charge on any atom is 0.00913 e. The highest BCUT2D eigenvalue weighted by Gasteiger charge is 2.35. The van der Waals surface area contributed by atoms with Crippen molar-refractivity contribution in [2.45, 2.75) is 71.8 Å². The Labute approximate surface area is 113 Å². The van der Waals surface area contributed by atoms with Crippen LogP contribution in [0.3, 0.4) is 0 Å². The van der Waals surface area contributed by atoms with Crippen LogP contribution < -0.4 is 5.32 Å². The quantitative estimate of drug-likeness (QED) is 0.725. The van der Waals surface area contributed by atoms with Gasteiger partial charge in [-0.2, -0.15) is 0 Å². The third-order valence-electron chi connectivity index (χ3n) is 4.74. The van der Waals surface area contributed by atoms with E-state index in [1.807, 2.05) is 6.92 Å². The molecule has 2 saturated carbocycles. The van der Waals surface area contributed by atoms with Gasteiger partial charge in [0.05, 0.1) is 0 Å². The molecule has 0 heterocycles. The maximum atomic E-state index is 3.74. The predicted molar refractivity (Wildman–Crippen MR) is 78.3 cm³/mol. The monoisotopic (exact) mass is 247 g/mol.